The van der Waals surface area contributed by atoms with Gasteiger partial charge in [0.05, 0.1) is 0 Å². The van der Waals surface area contributed by atoms with Crippen molar-refractivity contribution >= 4 is 21.6 Å². The van der Waals surface area contributed by atoms with Crippen LogP contribution in [0.1, 0.15) is 71.6 Å². The average Bonchev–Trinajstić information content (AvgIpc) is 2.25. The summed E-state index contributed by atoms with van der Waals surface area (Å²) in [6.45, 7) is 0. The zero-order valence-corrected chi connectivity index (χ0v) is 11.0. The molecule has 0 amide bonds. The number of aliphatic carboxylic acids is 1. The lowest BCUT2D eigenvalue weighted by Gasteiger charge is -2.00. The Morgan fingerprint density at radius 1 is 0.889 bits per heavy atom. The third-order valence-corrected chi connectivity index (χ3v) is 3.11. The van der Waals surface area contributed by atoms with Gasteiger partial charge in [0, 0.05) is 11.8 Å². The van der Waals surface area contributed by atoms with Crippen LogP contribution in [0.4, 0.5) is 0 Å². The normalized spacial score (nSPS) is 9.56. The van der Waals surface area contributed by atoms with Crippen LogP contribution >= 0.6 is 0 Å². The predicted molar refractivity (Wildman–Crippen MR) is 75.5 cm³/mol. The van der Waals surface area contributed by atoms with Crippen molar-refractivity contribution in [2.45, 2.75) is 71.6 Å². The number of rotatable bonds is 11. The molecule has 108 valence electrons. The summed E-state index contributed by atoms with van der Waals surface area (Å²) in [6.07, 6.45) is 9.26. The molecule has 0 saturated heterocycles. The molecule has 0 aromatic rings. The molecule has 0 aliphatic carbocycles. The Hall–Kier alpha value is -0.840. The standard InChI is InChI=1S/C12H22O4S.CH4/c13-12(14)10-8-6-4-2-1-3-5-7-9-11-17(15)16;/h11H,1-10H2,(H,13,14);1H4. The molecule has 4 nitrogen and oxygen atoms in total. The van der Waals surface area contributed by atoms with Gasteiger partial charge in [-0.3, -0.25) is 4.79 Å². The van der Waals surface area contributed by atoms with Crippen LogP contribution in [0, 0.1) is 0 Å². The Morgan fingerprint density at radius 2 is 1.33 bits per heavy atom. The van der Waals surface area contributed by atoms with E-state index in [1.54, 1.807) is 0 Å². The van der Waals surface area contributed by atoms with Crippen molar-refractivity contribution in [2.75, 3.05) is 0 Å². The summed E-state index contributed by atoms with van der Waals surface area (Å²) in [5.74, 6) is -0.711. The van der Waals surface area contributed by atoms with Gasteiger partial charge in [-0.25, -0.2) is 0 Å². The van der Waals surface area contributed by atoms with Gasteiger partial charge in [-0.15, -0.1) is 0 Å². The van der Waals surface area contributed by atoms with Crippen LogP contribution in [-0.4, -0.2) is 24.9 Å². The first-order valence-electron chi connectivity index (χ1n) is 6.26. The summed E-state index contributed by atoms with van der Waals surface area (Å²) < 4.78 is 20.4. The van der Waals surface area contributed by atoms with Gasteiger partial charge in [-0.1, -0.05) is 46.0 Å². The quantitative estimate of drug-likeness (QED) is 0.465. The molecule has 0 aliphatic heterocycles. The van der Waals surface area contributed by atoms with Crippen molar-refractivity contribution < 1.29 is 18.3 Å². The fourth-order valence-electron chi connectivity index (χ4n) is 1.66. The van der Waals surface area contributed by atoms with Crippen LogP contribution in [0.15, 0.2) is 0 Å². The Balaban J connectivity index is 0. The second-order valence-corrected chi connectivity index (χ2v) is 5.04. The molecule has 0 fully saturated rings. The first kappa shape index (κ1) is 19.5. The van der Waals surface area contributed by atoms with E-state index in [0.717, 1.165) is 51.4 Å². The highest BCUT2D eigenvalue weighted by Gasteiger charge is 1.96. The highest BCUT2D eigenvalue weighted by atomic mass is 32.2. The highest BCUT2D eigenvalue weighted by Crippen LogP contribution is 2.10. The molecule has 0 unspecified atom stereocenters. The molecule has 0 rings (SSSR count). The van der Waals surface area contributed by atoms with Crippen molar-refractivity contribution in [1.29, 1.82) is 0 Å². The van der Waals surface area contributed by atoms with E-state index in [0.29, 0.717) is 6.42 Å². The van der Waals surface area contributed by atoms with Crippen molar-refractivity contribution in [3.05, 3.63) is 0 Å². The van der Waals surface area contributed by atoms with Crippen molar-refractivity contribution in [1.82, 2.24) is 0 Å². The van der Waals surface area contributed by atoms with Gasteiger partial charge in [0.15, 0.2) is 0 Å². The maximum absolute atomic E-state index is 10.2. The number of unbranched alkanes of at least 4 members (excludes halogenated alkanes) is 8. The Bertz CT molecular complexity index is 312. The van der Waals surface area contributed by atoms with E-state index in [1.807, 2.05) is 0 Å². The monoisotopic (exact) mass is 278 g/mol. The lowest BCUT2D eigenvalue weighted by atomic mass is 10.1. The van der Waals surface area contributed by atoms with E-state index in [1.165, 1.54) is 5.37 Å². The number of carboxylic acids is 1. The van der Waals surface area contributed by atoms with Crippen LogP contribution in [0.2, 0.25) is 0 Å². The molecule has 0 aromatic carbocycles. The van der Waals surface area contributed by atoms with E-state index in [9.17, 15) is 13.2 Å². The Kier molecular flexibility index (Phi) is 15.4. The van der Waals surface area contributed by atoms with Gasteiger partial charge in [0.2, 0.25) is 10.3 Å². The molecule has 0 aromatic heterocycles. The van der Waals surface area contributed by atoms with Crippen LogP contribution in [0.25, 0.3) is 0 Å². The van der Waals surface area contributed by atoms with Crippen LogP contribution in [0.3, 0.4) is 0 Å². The van der Waals surface area contributed by atoms with Gasteiger partial charge >= 0.3 is 5.97 Å². The van der Waals surface area contributed by atoms with E-state index in [4.69, 9.17) is 5.11 Å². The molecule has 5 heteroatoms. The molecular weight excluding hydrogens is 252 g/mol. The van der Waals surface area contributed by atoms with E-state index in [2.05, 4.69) is 0 Å². The minimum atomic E-state index is -2.01. The molecule has 0 radical (unpaired) electrons. The van der Waals surface area contributed by atoms with Gasteiger partial charge in [0.25, 0.3) is 0 Å². The molecule has 0 heterocycles. The first-order chi connectivity index (χ1) is 8.13. The summed E-state index contributed by atoms with van der Waals surface area (Å²) >= 11 is 0. The largest absolute Gasteiger partial charge is 0.481 e. The molecule has 0 spiro atoms. The summed E-state index contributed by atoms with van der Waals surface area (Å²) in [6, 6.07) is 0. The van der Waals surface area contributed by atoms with Gasteiger partial charge < -0.3 is 5.11 Å². The summed E-state index contributed by atoms with van der Waals surface area (Å²) in [5, 5.41) is 9.74. The summed E-state index contributed by atoms with van der Waals surface area (Å²) in [4.78, 5) is 10.2. The second kappa shape index (κ2) is 14.2. The fraction of sp³-hybridized carbons (Fsp3) is 0.846. The number of hydrogen-bond donors (Lipinski definition) is 1. The van der Waals surface area contributed by atoms with Crippen molar-refractivity contribution in [3.8, 4) is 0 Å². The zero-order chi connectivity index (χ0) is 12.9. The number of carbonyl (C=O) groups is 1. The van der Waals surface area contributed by atoms with E-state index < -0.39 is 16.3 Å². The SMILES string of the molecule is C.O=C(O)CCCCCCCCCCC=S(=O)=O. The van der Waals surface area contributed by atoms with Gasteiger partial charge in [-0.2, -0.15) is 8.42 Å². The maximum atomic E-state index is 10.2. The van der Waals surface area contributed by atoms with Crippen molar-refractivity contribution in [3.63, 3.8) is 0 Å². The van der Waals surface area contributed by atoms with Crippen LogP contribution < -0.4 is 0 Å². The predicted octanol–water partition coefficient (Wildman–Crippen LogP) is 3.29. The van der Waals surface area contributed by atoms with Crippen LogP contribution in [-0.2, 0) is 15.1 Å². The Morgan fingerprint density at radius 3 is 1.78 bits per heavy atom. The molecule has 0 aliphatic rings. The molecule has 1 N–H and O–H groups in total. The molecule has 18 heavy (non-hydrogen) atoms. The topological polar surface area (TPSA) is 71.4 Å². The van der Waals surface area contributed by atoms with Gasteiger partial charge in [0.1, 0.15) is 0 Å². The zero-order valence-electron chi connectivity index (χ0n) is 10.2. The summed E-state index contributed by atoms with van der Waals surface area (Å²) in [5.41, 5.74) is 0. The lowest BCUT2D eigenvalue weighted by molar-refractivity contribution is -0.137. The molecule has 0 saturated carbocycles. The second-order valence-electron chi connectivity index (χ2n) is 4.19. The lowest BCUT2D eigenvalue weighted by Crippen LogP contribution is -1.93. The minimum Gasteiger partial charge on any atom is -0.481 e. The number of carboxylic acid groups (broad SMARTS) is 1. The van der Waals surface area contributed by atoms with Crippen LogP contribution in [0.5, 0.6) is 0 Å². The molecular formula is C13H26O4S. The first-order valence-corrected chi connectivity index (χ1v) is 7.40. The average molecular weight is 278 g/mol. The van der Waals surface area contributed by atoms with E-state index >= 15 is 0 Å². The van der Waals surface area contributed by atoms with Crippen molar-refractivity contribution in [2.24, 2.45) is 0 Å². The molecule has 0 atom stereocenters. The number of hydrogen-bond acceptors (Lipinski definition) is 3. The maximum Gasteiger partial charge on any atom is 0.303 e. The smallest absolute Gasteiger partial charge is 0.303 e. The highest BCUT2D eigenvalue weighted by molar-refractivity contribution is 7.71. The summed E-state index contributed by atoms with van der Waals surface area (Å²) in [7, 11) is -2.01. The van der Waals surface area contributed by atoms with E-state index in [-0.39, 0.29) is 13.8 Å². The minimum absolute atomic E-state index is 0. The molecule has 0 bridgehead atoms. The fourth-order valence-corrected chi connectivity index (χ4v) is 2.02. The van der Waals surface area contributed by atoms with Gasteiger partial charge in [-0.05, 0) is 19.3 Å². The third-order valence-electron chi connectivity index (χ3n) is 2.60. The Labute approximate surface area is 112 Å². The third kappa shape index (κ3) is 17.6.